The van der Waals surface area contributed by atoms with E-state index in [0.29, 0.717) is 26.1 Å². The molecular formula is C17H26O6. The van der Waals surface area contributed by atoms with Gasteiger partial charge in [-0.3, -0.25) is 9.59 Å². The van der Waals surface area contributed by atoms with Crippen LogP contribution in [0.25, 0.3) is 0 Å². The molecule has 1 saturated heterocycles. The summed E-state index contributed by atoms with van der Waals surface area (Å²) in [7, 11) is 1.38. The fraction of sp³-hybridized carbons (Fsp3) is 0.882. The molecule has 4 atom stereocenters. The third kappa shape index (κ3) is 3.11. The van der Waals surface area contributed by atoms with Crippen LogP contribution in [0.1, 0.15) is 40.0 Å². The molecule has 3 rings (SSSR count). The SMILES string of the molecule is COC(=O)C1C(OC(C)=O)C[C@@H]2CC3(C[C@H]12)OCC(C)(C)CO3. The predicted octanol–water partition coefficient (Wildman–Crippen LogP) is 1.91. The van der Waals surface area contributed by atoms with Crippen LogP contribution in [0.4, 0.5) is 0 Å². The van der Waals surface area contributed by atoms with Gasteiger partial charge in [0.2, 0.25) is 0 Å². The van der Waals surface area contributed by atoms with Crippen molar-refractivity contribution in [2.24, 2.45) is 23.2 Å². The monoisotopic (exact) mass is 326 g/mol. The zero-order valence-corrected chi connectivity index (χ0v) is 14.3. The Bertz CT molecular complexity index is 489. The normalized spacial score (nSPS) is 37.4. The van der Waals surface area contributed by atoms with Crippen LogP contribution in [-0.2, 0) is 28.5 Å². The van der Waals surface area contributed by atoms with Crippen LogP contribution in [0.5, 0.6) is 0 Å². The highest BCUT2D eigenvalue weighted by atomic mass is 16.7. The first-order valence-corrected chi connectivity index (χ1v) is 8.28. The number of carbonyl (C=O) groups is 2. The van der Waals surface area contributed by atoms with Crippen LogP contribution in [0, 0.1) is 23.2 Å². The summed E-state index contributed by atoms with van der Waals surface area (Å²) >= 11 is 0. The van der Waals surface area contributed by atoms with Crippen molar-refractivity contribution in [2.75, 3.05) is 20.3 Å². The van der Waals surface area contributed by atoms with Crippen LogP contribution in [0.2, 0.25) is 0 Å². The molecule has 1 spiro atoms. The highest BCUT2D eigenvalue weighted by molar-refractivity contribution is 5.75. The summed E-state index contributed by atoms with van der Waals surface area (Å²) in [5, 5.41) is 0. The summed E-state index contributed by atoms with van der Waals surface area (Å²) in [6.45, 7) is 6.91. The lowest BCUT2D eigenvalue weighted by Gasteiger charge is -2.42. The number of hydrogen-bond acceptors (Lipinski definition) is 6. The van der Waals surface area contributed by atoms with E-state index in [1.165, 1.54) is 14.0 Å². The first-order valence-electron chi connectivity index (χ1n) is 8.28. The second-order valence-electron chi connectivity index (χ2n) is 7.92. The van der Waals surface area contributed by atoms with Crippen molar-refractivity contribution in [1.29, 1.82) is 0 Å². The maximum atomic E-state index is 12.2. The molecular weight excluding hydrogens is 300 g/mol. The van der Waals surface area contributed by atoms with E-state index in [-0.39, 0.29) is 29.2 Å². The second-order valence-corrected chi connectivity index (χ2v) is 7.92. The summed E-state index contributed by atoms with van der Waals surface area (Å²) in [5.41, 5.74) is 0.0188. The lowest BCUT2D eigenvalue weighted by molar-refractivity contribution is -0.298. The first-order chi connectivity index (χ1) is 10.8. The zero-order valence-electron chi connectivity index (χ0n) is 14.3. The average Bonchev–Trinajstić information content (AvgIpc) is 2.95. The van der Waals surface area contributed by atoms with Crippen LogP contribution >= 0.6 is 0 Å². The fourth-order valence-corrected chi connectivity index (χ4v) is 4.33. The van der Waals surface area contributed by atoms with Crippen molar-refractivity contribution in [1.82, 2.24) is 0 Å². The third-order valence-electron chi connectivity index (χ3n) is 5.36. The number of fused-ring (bicyclic) bond motifs is 1. The predicted molar refractivity (Wildman–Crippen MR) is 80.3 cm³/mol. The van der Waals surface area contributed by atoms with Gasteiger partial charge in [-0.25, -0.2) is 0 Å². The van der Waals surface area contributed by atoms with Crippen molar-refractivity contribution < 1.29 is 28.5 Å². The number of esters is 2. The molecule has 0 bridgehead atoms. The summed E-state index contributed by atoms with van der Waals surface area (Å²) in [6.07, 6.45) is 1.68. The number of methoxy groups -OCH3 is 1. The second kappa shape index (κ2) is 5.74. The number of rotatable bonds is 2. The number of ether oxygens (including phenoxy) is 4. The minimum absolute atomic E-state index is 0.0188. The van der Waals surface area contributed by atoms with Gasteiger partial charge in [-0.1, -0.05) is 13.8 Å². The summed E-state index contributed by atoms with van der Waals surface area (Å²) in [6, 6.07) is 0. The minimum atomic E-state index is -0.585. The maximum Gasteiger partial charge on any atom is 0.312 e. The van der Waals surface area contributed by atoms with Gasteiger partial charge in [-0.15, -0.1) is 0 Å². The van der Waals surface area contributed by atoms with Gasteiger partial charge in [0.05, 0.1) is 26.2 Å². The molecule has 3 aliphatic rings. The van der Waals surface area contributed by atoms with Crippen LogP contribution in [0.15, 0.2) is 0 Å². The Morgan fingerprint density at radius 1 is 1.13 bits per heavy atom. The van der Waals surface area contributed by atoms with Crippen molar-refractivity contribution >= 4 is 11.9 Å². The largest absolute Gasteiger partial charge is 0.469 e. The Kier molecular flexibility index (Phi) is 4.17. The molecule has 1 aliphatic heterocycles. The summed E-state index contributed by atoms with van der Waals surface area (Å²) in [4.78, 5) is 23.5. The van der Waals surface area contributed by atoms with Crippen molar-refractivity contribution in [2.45, 2.75) is 51.9 Å². The molecule has 0 radical (unpaired) electrons. The Labute approximate surface area is 136 Å². The van der Waals surface area contributed by atoms with E-state index in [0.717, 1.165) is 6.42 Å². The van der Waals surface area contributed by atoms with E-state index in [1.54, 1.807) is 0 Å². The van der Waals surface area contributed by atoms with Gasteiger partial charge in [-0.2, -0.15) is 0 Å². The summed E-state index contributed by atoms with van der Waals surface area (Å²) < 4.78 is 22.5. The maximum absolute atomic E-state index is 12.2. The lowest BCUT2D eigenvalue weighted by Crippen LogP contribution is -2.47. The molecule has 6 heteroatoms. The molecule has 2 aliphatic carbocycles. The van der Waals surface area contributed by atoms with Gasteiger partial charge in [-0.05, 0) is 18.3 Å². The molecule has 1 heterocycles. The smallest absolute Gasteiger partial charge is 0.312 e. The van der Waals surface area contributed by atoms with Crippen molar-refractivity contribution in [3.63, 3.8) is 0 Å². The lowest BCUT2D eigenvalue weighted by atomic mass is 9.90. The quantitative estimate of drug-likeness (QED) is 0.722. The van der Waals surface area contributed by atoms with E-state index in [9.17, 15) is 9.59 Å². The zero-order chi connectivity index (χ0) is 16.8. The molecule has 0 aromatic rings. The van der Waals surface area contributed by atoms with Crippen LogP contribution < -0.4 is 0 Å². The Morgan fingerprint density at radius 2 is 1.78 bits per heavy atom. The van der Waals surface area contributed by atoms with Crippen molar-refractivity contribution in [3.8, 4) is 0 Å². The molecule has 130 valence electrons. The van der Waals surface area contributed by atoms with Gasteiger partial charge in [0, 0.05) is 25.2 Å². The van der Waals surface area contributed by atoms with E-state index in [1.807, 2.05) is 0 Å². The fourth-order valence-electron chi connectivity index (χ4n) is 4.33. The molecule has 6 nitrogen and oxygen atoms in total. The Hall–Kier alpha value is -1.14. The first kappa shape index (κ1) is 16.7. The van der Waals surface area contributed by atoms with Crippen molar-refractivity contribution in [3.05, 3.63) is 0 Å². The molecule has 0 aromatic heterocycles. The Balaban J connectivity index is 1.74. The van der Waals surface area contributed by atoms with Gasteiger partial charge in [0.15, 0.2) is 5.79 Å². The number of carbonyl (C=O) groups excluding carboxylic acids is 2. The van der Waals surface area contributed by atoms with E-state index < -0.39 is 17.8 Å². The minimum Gasteiger partial charge on any atom is -0.469 e. The van der Waals surface area contributed by atoms with E-state index in [4.69, 9.17) is 18.9 Å². The molecule has 2 unspecified atom stereocenters. The standard InChI is InChI=1S/C17H26O6/c1-10(18)23-13-5-11-6-17(21-8-16(2,3)9-22-17)7-12(11)14(13)15(19)20-4/h11-14H,5-9H2,1-4H3/t11-,12+,13?,14?/m1/s1. The van der Waals surface area contributed by atoms with Crippen LogP contribution in [0.3, 0.4) is 0 Å². The van der Waals surface area contributed by atoms with Gasteiger partial charge >= 0.3 is 11.9 Å². The molecule has 23 heavy (non-hydrogen) atoms. The van der Waals surface area contributed by atoms with E-state index >= 15 is 0 Å². The highest BCUT2D eigenvalue weighted by Gasteiger charge is 2.60. The molecule has 3 fully saturated rings. The van der Waals surface area contributed by atoms with E-state index in [2.05, 4.69) is 13.8 Å². The summed E-state index contributed by atoms with van der Waals surface area (Å²) in [5.74, 6) is -1.34. The Morgan fingerprint density at radius 3 is 2.35 bits per heavy atom. The molecule has 2 saturated carbocycles. The van der Waals surface area contributed by atoms with Gasteiger partial charge in [0.1, 0.15) is 6.10 Å². The van der Waals surface area contributed by atoms with Crippen LogP contribution in [-0.4, -0.2) is 44.2 Å². The molecule has 0 amide bonds. The molecule has 0 N–H and O–H groups in total. The third-order valence-corrected chi connectivity index (χ3v) is 5.36. The average molecular weight is 326 g/mol. The van der Waals surface area contributed by atoms with Gasteiger partial charge < -0.3 is 18.9 Å². The highest BCUT2D eigenvalue weighted by Crippen LogP contribution is 2.55. The van der Waals surface area contributed by atoms with Gasteiger partial charge in [0.25, 0.3) is 0 Å². The molecule has 0 aromatic carbocycles. The topological polar surface area (TPSA) is 71.1 Å². The number of hydrogen-bond donors (Lipinski definition) is 0.